The average molecular weight is 561 g/mol. The molecule has 1 saturated heterocycles. The Morgan fingerprint density at radius 3 is 2.41 bits per heavy atom. The molecule has 1 aliphatic rings. The molecule has 4 amide bonds. The summed E-state index contributed by atoms with van der Waals surface area (Å²) in [6.45, 7) is 6.42. The number of nitrogens with one attached hydrogen (secondary N) is 1. The van der Waals surface area contributed by atoms with Gasteiger partial charge in [0.15, 0.2) is 11.5 Å². The number of nitrogens with zero attached hydrogens (tertiary/aromatic N) is 1. The van der Waals surface area contributed by atoms with Crippen LogP contribution in [-0.2, 0) is 22.6 Å². The topological polar surface area (TPSA) is 84.9 Å². The molecular weight excluding hydrogens is 536 g/mol. The number of hydrogen-bond donors (Lipinski definition) is 1. The molecule has 0 aliphatic carbocycles. The van der Waals surface area contributed by atoms with E-state index in [2.05, 4.69) is 27.8 Å². The number of halogens is 1. The fourth-order valence-corrected chi connectivity index (χ4v) is 4.14. The minimum atomic E-state index is -0.794. The molecule has 1 aliphatic heterocycles. The third kappa shape index (κ3) is 5.98. The van der Waals surface area contributed by atoms with Crippen LogP contribution in [0.15, 0.2) is 89.4 Å². The van der Waals surface area contributed by atoms with Crippen LogP contribution in [0.2, 0.25) is 0 Å². The summed E-state index contributed by atoms with van der Waals surface area (Å²) in [5.74, 6) is -0.433. The van der Waals surface area contributed by atoms with Crippen LogP contribution in [0.5, 0.6) is 11.5 Å². The van der Waals surface area contributed by atoms with E-state index in [1.54, 1.807) is 42.5 Å². The third-order valence-electron chi connectivity index (χ3n) is 5.54. The van der Waals surface area contributed by atoms with Gasteiger partial charge in [-0.15, -0.1) is 6.58 Å². The first kappa shape index (κ1) is 25.9. The first-order valence-corrected chi connectivity index (χ1v) is 12.4. The van der Waals surface area contributed by atoms with Crippen LogP contribution in [0.3, 0.4) is 0 Å². The molecule has 3 aromatic rings. The van der Waals surface area contributed by atoms with Gasteiger partial charge in [-0.3, -0.25) is 14.9 Å². The van der Waals surface area contributed by atoms with Gasteiger partial charge in [-0.1, -0.05) is 52.3 Å². The molecule has 0 aromatic heterocycles. The number of ether oxygens (including phenoxy) is 2. The zero-order chi connectivity index (χ0) is 26.4. The molecule has 8 heteroatoms. The highest BCUT2D eigenvalue weighted by atomic mass is 79.9. The number of imide groups is 2. The quantitative estimate of drug-likeness (QED) is 0.202. The van der Waals surface area contributed by atoms with Crippen molar-refractivity contribution in [3.8, 4) is 11.5 Å². The van der Waals surface area contributed by atoms with Crippen molar-refractivity contribution in [2.45, 2.75) is 20.0 Å². The average Bonchev–Trinajstić information content (AvgIpc) is 2.88. The van der Waals surface area contributed by atoms with Crippen molar-refractivity contribution in [1.82, 2.24) is 5.32 Å². The summed E-state index contributed by atoms with van der Waals surface area (Å²) in [6, 6.07) is 19.0. The van der Waals surface area contributed by atoms with E-state index in [4.69, 9.17) is 9.47 Å². The molecule has 0 spiro atoms. The Morgan fingerprint density at radius 2 is 1.73 bits per heavy atom. The van der Waals surface area contributed by atoms with Crippen LogP contribution in [0.1, 0.15) is 23.6 Å². The molecule has 0 atom stereocenters. The van der Waals surface area contributed by atoms with E-state index in [1.165, 1.54) is 6.08 Å². The Kier molecular flexibility index (Phi) is 8.20. The first-order valence-electron chi connectivity index (χ1n) is 11.7. The molecule has 0 unspecified atom stereocenters. The minimum Gasteiger partial charge on any atom is -0.490 e. The Hall–Kier alpha value is -4.17. The maximum atomic E-state index is 13.2. The fourth-order valence-electron chi connectivity index (χ4n) is 3.87. The molecule has 0 saturated carbocycles. The minimum absolute atomic E-state index is 0.168. The zero-order valence-corrected chi connectivity index (χ0v) is 21.8. The number of carbonyl (C=O) groups excluding carboxylic acids is 3. The number of barbiturate groups is 1. The van der Waals surface area contributed by atoms with Gasteiger partial charge in [-0.25, -0.2) is 9.69 Å². The van der Waals surface area contributed by atoms with Crippen LogP contribution < -0.4 is 19.7 Å². The van der Waals surface area contributed by atoms with E-state index in [1.807, 2.05) is 37.3 Å². The van der Waals surface area contributed by atoms with E-state index in [-0.39, 0.29) is 5.57 Å². The van der Waals surface area contributed by atoms with Gasteiger partial charge in [0.1, 0.15) is 12.2 Å². The Balaban J connectivity index is 1.71. The Labute approximate surface area is 223 Å². The second-order valence-corrected chi connectivity index (χ2v) is 9.06. The summed E-state index contributed by atoms with van der Waals surface area (Å²) in [4.78, 5) is 39.2. The normalized spacial score (nSPS) is 14.5. The van der Waals surface area contributed by atoms with Crippen molar-refractivity contribution in [3.05, 3.63) is 106 Å². The number of benzene rings is 3. The lowest BCUT2D eigenvalue weighted by molar-refractivity contribution is -0.122. The summed E-state index contributed by atoms with van der Waals surface area (Å²) in [5.41, 5.74) is 2.51. The Morgan fingerprint density at radius 1 is 1.00 bits per heavy atom. The summed E-state index contributed by atoms with van der Waals surface area (Å²) < 4.78 is 13.0. The lowest BCUT2D eigenvalue weighted by Gasteiger charge is -2.26. The number of hydrogen-bond acceptors (Lipinski definition) is 5. The largest absolute Gasteiger partial charge is 0.490 e. The number of allylic oxidation sites excluding steroid dienone is 1. The molecule has 37 heavy (non-hydrogen) atoms. The summed E-state index contributed by atoms with van der Waals surface area (Å²) in [5, 5.41) is 2.25. The molecule has 7 nitrogen and oxygen atoms in total. The summed E-state index contributed by atoms with van der Waals surface area (Å²) in [7, 11) is 0. The number of rotatable bonds is 9. The molecule has 1 N–H and O–H groups in total. The SMILES string of the molecule is C=CCc1cc(/C=C2\C(=O)NC(=O)N(c3ccccc3)C2=O)cc(OCC)c1OCc1ccc(Br)cc1. The summed E-state index contributed by atoms with van der Waals surface area (Å²) in [6.07, 6.45) is 3.66. The van der Waals surface area contributed by atoms with Gasteiger partial charge >= 0.3 is 6.03 Å². The highest BCUT2D eigenvalue weighted by molar-refractivity contribution is 9.10. The maximum Gasteiger partial charge on any atom is 0.335 e. The predicted molar refractivity (Wildman–Crippen MR) is 145 cm³/mol. The van der Waals surface area contributed by atoms with Crippen molar-refractivity contribution in [2.24, 2.45) is 0 Å². The smallest absolute Gasteiger partial charge is 0.335 e. The molecular formula is C29H25BrN2O5. The first-order chi connectivity index (χ1) is 17.9. The van der Waals surface area contributed by atoms with E-state index < -0.39 is 17.8 Å². The van der Waals surface area contributed by atoms with Gasteiger partial charge in [0.05, 0.1) is 12.3 Å². The molecule has 0 radical (unpaired) electrons. The highest BCUT2D eigenvalue weighted by Gasteiger charge is 2.36. The van der Waals surface area contributed by atoms with Gasteiger partial charge in [-0.05, 0) is 66.9 Å². The number of carbonyl (C=O) groups is 3. The fraction of sp³-hybridized carbons (Fsp3) is 0.138. The molecule has 3 aromatic carbocycles. The standard InChI is InChI=1S/C29H25BrN2O5/c1-3-8-21-15-20(17-25(36-4-2)26(21)37-18-19-11-13-22(30)14-12-19)16-24-27(33)31-29(35)32(28(24)34)23-9-6-5-7-10-23/h3,5-7,9-17H,1,4,8,18H2,2H3,(H,31,33,35)/b24-16+. The number of amides is 4. The van der Waals surface area contributed by atoms with E-state index >= 15 is 0 Å². The van der Waals surface area contributed by atoms with Crippen molar-refractivity contribution >= 4 is 45.5 Å². The van der Waals surface area contributed by atoms with Crippen molar-refractivity contribution in [1.29, 1.82) is 0 Å². The Bertz CT molecular complexity index is 1370. The van der Waals surface area contributed by atoms with Crippen molar-refractivity contribution < 1.29 is 23.9 Å². The second-order valence-electron chi connectivity index (χ2n) is 8.14. The third-order valence-corrected chi connectivity index (χ3v) is 6.07. The van der Waals surface area contributed by atoms with Gasteiger partial charge in [0.25, 0.3) is 11.8 Å². The van der Waals surface area contributed by atoms with Crippen LogP contribution >= 0.6 is 15.9 Å². The van der Waals surface area contributed by atoms with Crippen LogP contribution in [0.25, 0.3) is 6.08 Å². The van der Waals surface area contributed by atoms with E-state index in [0.29, 0.717) is 42.4 Å². The van der Waals surface area contributed by atoms with Crippen LogP contribution in [0, 0.1) is 0 Å². The lowest BCUT2D eigenvalue weighted by Crippen LogP contribution is -2.54. The van der Waals surface area contributed by atoms with Crippen molar-refractivity contribution in [3.63, 3.8) is 0 Å². The molecule has 188 valence electrons. The van der Waals surface area contributed by atoms with Gasteiger partial charge in [0.2, 0.25) is 0 Å². The van der Waals surface area contributed by atoms with Crippen LogP contribution in [0.4, 0.5) is 10.5 Å². The van der Waals surface area contributed by atoms with E-state index in [9.17, 15) is 14.4 Å². The number of anilines is 1. The monoisotopic (exact) mass is 560 g/mol. The number of urea groups is 1. The molecule has 1 heterocycles. The van der Waals surface area contributed by atoms with Gasteiger partial charge < -0.3 is 9.47 Å². The van der Waals surface area contributed by atoms with E-state index in [0.717, 1.165) is 20.5 Å². The molecule has 0 bridgehead atoms. The second kappa shape index (κ2) is 11.7. The number of para-hydroxylation sites is 1. The van der Waals surface area contributed by atoms with Gasteiger partial charge in [-0.2, -0.15) is 0 Å². The molecule has 4 rings (SSSR count). The predicted octanol–water partition coefficient (Wildman–Crippen LogP) is 5.82. The van der Waals surface area contributed by atoms with Gasteiger partial charge in [0, 0.05) is 10.0 Å². The highest BCUT2D eigenvalue weighted by Crippen LogP contribution is 2.36. The summed E-state index contributed by atoms with van der Waals surface area (Å²) >= 11 is 3.43. The zero-order valence-electron chi connectivity index (χ0n) is 20.2. The molecule has 1 fully saturated rings. The van der Waals surface area contributed by atoms with Crippen LogP contribution in [-0.4, -0.2) is 24.5 Å². The lowest BCUT2D eigenvalue weighted by atomic mass is 10.0. The maximum absolute atomic E-state index is 13.2. The van der Waals surface area contributed by atoms with Crippen molar-refractivity contribution in [2.75, 3.05) is 11.5 Å².